The molecule has 1 aromatic rings. The Morgan fingerprint density at radius 1 is 1.41 bits per heavy atom. The second kappa shape index (κ2) is 7.04. The molecule has 0 aromatic heterocycles. The summed E-state index contributed by atoms with van der Waals surface area (Å²) >= 11 is 0. The summed E-state index contributed by atoms with van der Waals surface area (Å²) in [4.78, 5) is 0. The Bertz CT molecular complexity index is 726. The van der Waals surface area contributed by atoms with Gasteiger partial charge in [0.2, 0.25) is 0 Å². The van der Waals surface area contributed by atoms with Crippen LogP contribution in [0, 0.1) is 5.92 Å². The lowest BCUT2D eigenvalue weighted by Gasteiger charge is -2.31. The van der Waals surface area contributed by atoms with Crippen LogP contribution in [0.4, 0.5) is 0 Å². The lowest BCUT2D eigenvalue weighted by molar-refractivity contribution is 0.406. The van der Waals surface area contributed by atoms with E-state index in [0.717, 1.165) is 5.57 Å². The van der Waals surface area contributed by atoms with Crippen LogP contribution in [0.25, 0.3) is 0 Å². The van der Waals surface area contributed by atoms with Gasteiger partial charge in [-0.3, -0.25) is 0 Å². The van der Waals surface area contributed by atoms with Gasteiger partial charge in [0.15, 0.2) is 0 Å². The molecule has 2 N–H and O–H groups in total. The van der Waals surface area contributed by atoms with Gasteiger partial charge in [-0.05, 0) is 63.0 Å². The quantitative estimate of drug-likeness (QED) is 0.709. The van der Waals surface area contributed by atoms with Crippen molar-refractivity contribution in [2.24, 2.45) is 5.92 Å². The SMILES string of the molecule is [2H]C([2H])([2H])C1=CC(c2c(O)cc(C([2H])([2H])CCC)cc2O)C(C(=C)C)CC1. The van der Waals surface area contributed by atoms with Gasteiger partial charge in [-0.2, -0.15) is 0 Å². The first-order valence-corrected chi connectivity index (χ1v) is 7.81. The summed E-state index contributed by atoms with van der Waals surface area (Å²) in [5, 5.41) is 21.2. The summed E-state index contributed by atoms with van der Waals surface area (Å²) in [6.45, 7) is 5.49. The predicted molar refractivity (Wildman–Crippen MR) is 92.4 cm³/mol. The lowest BCUT2D eigenvalue weighted by Crippen LogP contribution is -2.17. The molecule has 2 heteroatoms. The van der Waals surface area contributed by atoms with E-state index in [0.29, 0.717) is 24.8 Å². The Morgan fingerprint density at radius 3 is 2.64 bits per heavy atom. The molecular formula is C20H28O2. The van der Waals surface area contributed by atoms with Crippen LogP contribution in [0.1, 0.15) is 70.3 Å². The van der Waals surface area contributed by atoms with Crippen molar-refractivity contribution < 1.29 is 17.1 Å². The minimum Gasteiger partial charge on any atom is -0.507 e. The number of allylic oxidation sites excluding steroid dienone is 3. The number of rotatable bonds is 5. The van der Waals surface area contributed by atoms with Crippen LogP contribution < -0.4 is 0 Å². The fraction of sp³-hybridized carbons (Fsp3) is 0.500. The molecule has 1 aliphatic carbocycles. The van der Waals surface area contributed by atoms with E-state index in [9.17, 15) is 10.2 Å². The molecule has 2 nitrogen and oxygen atoms in total. The Labute approximate surface area is 141 Å². The zero-order chi connectivity index (χ0) is 20.6. The highest BCUT2D eigenvalue weighted by molar-refractivity contribution is 5.51. The third kappa shape index (κ3) is 3.55. The molecule has 0 saturated carbocycles. The average molecular weight is 305 g/mol. The first-order valence-electron chi connectivity index (χ1n) is 10.3. The molecule has 22 heavy (non-hydrogen) atoms. The van der Waals surface area contributed by atoms with Gasteiger partial charge in [0.25, 0.3) is 0 Å². The van der Waals surface area contributed by atoms with Crippen LogP contribution in [-0.4, -0.2) is 10.2 Å². The predicted octanol–water partition coefficient (Wildman–Crippen LogP) is 5.46. The zero-order valence-electron chi connectivity index (χ0n) is 18.3. The highest BCUT2D eigenvalue weighted by Crippen LogP contribution is 2.46. The van der Waals surface area contributed by atoms with Gasteiger partial charge < -0.3 is 10.2 Å². The number of benzene rings is 1. The van der Waals surface area contributed by atoms with Crippen LogP contribution in [0.15, 0.2) is 35.9 Å². The Hall–Kier alpha value is -1.70. The highest BCUT2D eigenvalue weighted by atomic mass is 16.3. The van der Waals surface area contributed by atoms with E-state index < -0.39 is 19.1 Å². The second-order valence-corrected chi connectivity index (χ2v) is 6.06. The standard InChI is InChI=1S/C20H28O2/c1-5-6-7-15-11-18(21)20(19(22)12-15)17-10-14(4)8-9-16(17)13(2)3/h10-12,16-17,21-22H,2,5-9H2,1,3-4H3/i4D3,7D2. The molecule has 0 heterocycles. The Morgan fingerprint density at radius 2 is 2.09 bits per heavy atom. The van der Waals surface area contributed by atoms with E-state index >= 15 is 0 Å². The fourth-order valence-electron chi connectivity index (χ4n) is 3.08. The monoisotopic (exact) mass is 305 g/mol. The summed E-state index contributed by atoms with van der Waals surface area (Å²) in [5.41, 5.74) is 1.62. The van der Waals surface area contributed by atoms with Crippen molar-refractivity contribution in [2.75, 3.05) is 0 Å². The summed E-state index contributed by atoms with van der Waals surface area (Å²) < 4.78 is 39.4. The summed E-state index contributed by atoms with van der Waals surface area (Å²) in [5.74, 6) is -1.06. The number of hydrogen-bond donors (Lipinski definition) is 2. The van der Waals surface area contributed by atoms with Crippen LogP contribution >= 0.6 is 0 Å². The molecule has 0 fully saturated rings. The van der Waals surface area contributed by atoms with E-state index in [2.05, 4.69) is 6.58 Å². The number of phenolic OH excluding ortho intramolecular Hbond substituents is 2. The zero-order valence-corrected chi connectivity index (χ0v) is 13.3. The van der Waals surface area contributed by atoms with E-state index in [1.165, 1.54) is 12.1 Å². The van der Waals surface area contributed by atoms with Crippen LogP contribution in [0.5, 0.6) is 11.5 Å². The molecule has 0 aliphatic heterocycles. The third-order valence-corrected chi connectivity index (χ3v) is 4.22. The summed E-state index contributed by atoms with van der Waals surface area (Å²) in [6.07, 6.45) is 1.84. The van der Waals surface area contributed by atoms with Crippen LogP contribution in [0.3, 0.4) is 0 Å². The van der Waals surface area contributed by atoms with Crippen molar-refractivity contribution in [3.8, 4) is 11.5 Å². The molecule has 0 radical (unpaired) electrons. The smallest absolute Gasteiger partial charge is 0.123 e. The van der Waals surface area contributed by atoms with Gasteiger partial charge in [0.1, 0.15) is 11.5 Å². The molecule has 2 unspecified atom stereocenters. The molecular weight excluding hydrogens is 272 g/mol. The summed E-state index contributed by atoms with van der Waals surface area (Å²) in [7, 11) is 0. The maximum Gasteiger partial charge on any atom is 0.123 e. The molecule has 0 bridgehead atoms. The maximum atomic E-state index is 10.6. The first kappa shape index (κ1) is 10.9. The Kier molecular flexibility index (Phi) is 3.50. The number of aryl methyl sites for hydroxylation is 1. The van der Waals surface area contributed by atoms with Gasteiger partial charge in [-0.25, -0.2) is 0 Å². The van der Waals surface area contributed by atoms with Gasteiger partial charge in [-0.15, -0.1) is 0 Å². The minimum absolute atomic E-state index is 0.105. The highest BCUT2D eigenvalue weighted by Gasteiger charge is 2.29. The molecule has 2 atom stereocenters. The van der Waals surface area contributed by atoms with E-state index in [-0.39, 0.29) is 35.0 Å². The van der Waals surface area contributed by atoms with Crippen molar-refractivity contribution in [3.05, 3.63) is 47.1 Å². The van der Waals surface area contributed by atoms with Crippen molar-refractivity contribution in [1.82, 2.24) is 0 Å². The largest absolute Gasteiger partial charge is 0.507 e. The first-order chi connectivity index (χ1) is 12.4. The van der Waals surface area contributed by atoms with Gasteiger partial charge >= 0.3 is 0 Å². The van der Waals surface area contributed by atoms with Crippen molar-refractivity contribution in [1.29, 1.82) is 0 Å². The van der Waals surface area contributed by atoms with Crippen molar-refractivity contribution >= 4 is 0 Å². The van der Waals surface area contributed by atoms with E-state index in [4.69, 9.17) is 6.85 Å². The fourth-order valence-corrected chi connectivity index (χ4v) is 3.08. The average Bonchev–Trinajstić information content (AvgIpc) is 2.53. The maximum absolute atomic E-state index is 10.6. The van der Waals surface area contributed by atoms with Gasteiger partial charge in [-0.1, -0.05) is 37.1 Å². The van der Waals surface area contributed by atoms with Crippen molar-refractivity contribution in [3.63, 3.8) is 0 Å². The number of aromatic hydroxyl groups is 2. The normalized spacial score (nSPS) is 26.1. The van der Waals surface area contributed by atoms with Gasteiger partial charge in [0.05, 0.1) is 0 Å². The van der Waals surface area contributed by atoms with E-state index in [1.54, 1.807) is 6.08 Å². The summed E-state index contributed by atoms with van der Waals surface area (Å²) in [6, 6.07) is 2.69. The van der Waals surface area contributed by atoms with E-state index in [1.807, 2.05) is 13.8 Å². The van der Waals surface area contributed by atoms with Gasteiger partial charge in [0, 0.05) is 18.3 Å². The second-order valence-electron chi connectivity index (χ2n) is 6.06. The number of hydrogen-bond acceptors (Lipinski definition) is 2. The third-order valence-electron chi connectivity index (χ3n) is 4.22. The molecule has 1 aromatic carbocycles. The molecule has 2 rings (SSSR count). The molecule has 0 saturated heterocycles. The van der Waals surface area contributed by atoms with Crippen LogP contribution in [-0.2, 0) is 6.37 Å². The Balaban J connectivity index is 2.58. The lowest BCUT2D eigenvalue weighted by atomic mass is 9.73. The molecule has 120 valence electrons. The molecule has 1 aliphatic rings. The number of phenols is 2. The van der Waals surface area contributed by atoms with Crippen molar-refractivity contribution in [2.45, 2.75) is 58.7 Å². The molecule has 0 amide bonds. The molecule has 0 spiro atoms. The van der Waals surface area contributed by atoms with Crippen LogP contribution in [0.2, 0.25) is 0 Å². The topological polar surface area (TPSA) is 40.5 Å². The minimum atomic E-state index is -2.22.